The lowest BCUT2D eigenvalue weighted by molar-refractivity contribution is 0.281. The summed E-state index contributed by atoms with van der Waals surface area (Å²) in [6.45, 7) is 4.00. The van der Waals surface area contributed by atoms with Crippen LogP contribution >= 0.6 is 0 Å². The van der Waals surface area contributed by atoms with Gasteiger partial charge in [0.25, 0.3) is 0 Å². The molecule has 0 atom stereocenters. The van der Waals surface area contributed by atoms with Crippen molar-refractivity contribution in [2.45, 2.75) is 31.9 Å². The third-order valence-electron chi connectivity index (χ3n) is 3.26. The van der Waals surface area contributed by atoms with Gasteiger partial charge in [-0.3, -0.25) is 4.68 Å². The van der Waals surface area contributed by atoms with Crippen LogP contribution in [0.25, 0.3) is 0 Å². The number of rotatable bonds is 6. The monoisotopic (exact) mass is 310 g/mol. The number of hydrogen-bond donors (Lipinski definition) is 2. The fourth-order valence-electron chi connectivity index (χ4n) is 1.99. The first kappa shape index (κ1) is 15.6. The summed E-state index contributed by atoms with van der Waals surface area (Å²) >= 11 is 0. The second-order valence-electron chi connectivity index (χ2n) is 4.76. The summed E-state index contributed by atoms with van der Waals surface area (Å²) in [7, 11) is -3.62. The van der Waals surface area contributed by atoms with Gasteiger partial charge in [0, 0.05) is 12.7 Å². The first-order chi connectivity index (χ1) is 9.94. The smallest absolute Gasteiger partial charge is 0.240 e. The highest BCUT2D eigenvalue weighted by Gasteiger charge is 2.18. The quantitative estimate of drug-likeness (QED) is 0.803. The molecule has 0 spiro atoms. The molecule has 8 heteroatoms. The molecule has 0 aliphatic rings. The van der Waals surface area contributed by atoms with Crippen molar-refractivity contribution in [2.24, 2.45) is 0 Å². The molecule has 1 aromatic heterocycles. The third kappa shape index (κ3) is 3.66. The van der Waals surface area contributed by atoms with E-state index in [9.17, 15) is 13.5 Å². The van der Waals surface area contributed by atoms with Gasteiger partial charge in [0.15, 0.2) is 0 Å². The molecular weight excluding hydrogens is 292 g/mol. The molecule has 1 heterocycles. The molecule has 0 unspecified atom stereocenters. The van der Waals surface area contributed by atoms with Gasteiger partial charge in [-0.2, -0.15) is 0 Å². The van der Waals surface area contributed by atoms with Gasteiger partial charge in [-0.1, -0.05) is 11.3 Å². The molecule has 2 N–H and O–H groups in total. The molecule has 0 saturated heterocycles. The molecule has 0 radical (unpaired) electrons. The minimum atomic E-state index is -3.62. The van der Waals surface area contributed by atoms with Crippen LogP contribution in [-0.4, -0.2) is 35.1 Å². The molecule has 1 aromatic carbocycles. The summed E-state index contributed by atoms with van der Waals surface area (Å²) in [6.07, 6.45) is 3.20. The lowest BCUT2D eigenvalue weighted by atomic mass is 10.1. The molecule has 21 heavy (non-hydrogen) atoms. The van der Waals surface area contributed by atoms with Gasteiger partial charge in [-0.15, -0.1) is 5.10 Å². The van der Waals surface area contributed by atoms with Crippen LogP contribution in [0.4, 0.5) is 0 Å². The normalized spacial score (nSPS) is 11.8. The summed E-state index contributed by atoms with van der Waals surface area (Å²) in [5, 5.41) is 16.6. The highest BCUT2D eigenvalue weighted by molar-refractivity contribution is 7.89. The third-order valence-corrected chi connectivity index (χ3v) is 4.84. The van der Waals surface area contributed by atoms with Crippen molar-refractivity contribution >= 4 is 10.0 Å². The number of nitrogens with one attached hydrogen (secondary N) is 1. The zero-order valence-corrected chi connectivity index (χ0v) is 12.8. The zero-order valence-electron chi connectivity index (χ0n) is 11.9. The lowest BCUT2D eigenvalue weighted by Gasteiger charge is -2.13. The predicted octanol–water partition coefficient (Wildman–Crippen LogP) is 0.366. The van der Waals surface area contributed by atoms with Gasteiger partial charge in [-0.05, 0) is 36.6 Å². The van der Waals surface area contributed by atoms with Crippen LogP contribution in [-0.2, 0) is 23.2 Å². The molecule has 0 fully saturated rings. The van der Waals surface area contributed by atoms with Gasteiger partial charge >= 0.3 is 0 Å². The maximum Gasteiger partial charge on any atom is 0.240 e. The van der Waals surface area contributed by atoms with Crippen molar-refractivity contribution in [2.75, 3.05) is 6.54 Å². The van der Waals surface area contributed by atoms with E-state index in [1.807, 2.05) is 6.92 Å². The number of hydrogen-bond acceptors (Lipinski definition) is 5. The van der Waals surface area contributed by atoms with Crippen LogP contribution in [0.15, 0.2) is 29.4 Å². The number of benzene rings is 1. The number of aromatic nitrogens is 3. The number of aliphatic hydroxyl groups is 1. The maximum atomic E-state index is 12.4. The summed E-state index contributed by atoms with van der Waals surface area (Å²) in [5.41, 5.74) is 2.09. The van der Waals surface area contributed by atoms with Crippen molar-refractivity contribution in [1.82, 2.24) is 19.7 Å². The average molecular weight is 310 g/mol. The van der Waals surface area contributed by atoms with Crippen LogP contribution in [0.2, 0.25) is 0 Å². The van der Waals surface area contributed by atoms with Crippen LogP contribution in [0.5, 0.6) is 0 Å². The van der Waals surface area contributed by atoms with Crippen LogP contribution in [0.3, 0.4) is 0 Å². The first-order valence-corrected chi connectivity index (χ1v) is 7.97. The second kappa shape index (κ2) is 6.33. The molecular formula is C13H18N4O3S. The van der Waals surface area contributed by atoms with Crippen molar-refractivity contribution in [3.05, 3.63) is 41.2 Å². The fourth-order valence-corrected chi connectivity index (χ4v) is 3.38. The Kier molecular flexibility index (Phi) is 4.71. The number of aliphatic hydroxyl groups excluding tert-OH is 1. The maximum absolute atomic E-state index is 12.4. The molecule has 0 saturated carbocycles. The Morgan fingerprint density at radius 2 is 2.10 bits per heavy atom. The predicted molar refractivity (Wildman–Crippen MR) is 77.0 cm³/mol. The molecule has 2 aromatic rings. The Bertz CT molecular complexity index is 711. The van der Waals surface area contributed by atoms with Gasteiger partial charge in [-0.25, -0.2) is 13.1 Å². The van der Waals surface area contributed by atoms with E-state index in [4.69, 9.17) is 0 Å². The molecule has 0 amide bonds. The van der Waals surface area contributed by atoms with Crippen molar-refractivity contribution in [3.63, 3.8) is 0 Å². The molecule has 2 rings (SSSR count). The fraction of sp³-hybridized carbons (Fsp3) is 0.385. The topological polar surface area (TPSA) is 97.1 Å². The summed E-state index contributed by atoms with van der Waals surface area (Å²) < 4.78 is 28.8. The van der Waals surface area contributed by atoms with Crippen LogP contribution in [0.1, 0.15) is 16.7 Å². The summed E-state index contributed by atoms with van der Waals surface area (Å²) in [6, 6.07) is 3.28. The van der Waals surface area contributed by atoms with E-state index in [2.05, 4.69) is 15.0 Å². The van der Waals surface area contributed by atoms with E-state index < -0.39 is 10.0 Å². The van der Waals surface area contributed by atoms with E-state index in [1.165, 1.54) is 12.3 Å². The van der Waals surface area contributed by atoms with Crippen molar-refractivity contribution < 1.29 is 13.5 Å². The average Bonchev–Trinajstić information content (AvgIpc) is 2.94. The Morgan fingerprint density at radius 3 is 2.71 bits per heavy atom. The molecule has 0 aliphatic heterocycles. The lowest BCUT2D eigenvalue weighted by Crippen LogP contribution is -2.28. The Balaban J connectivity index is 2.17. The van der Waals surface area contributed by atoms with Crippen molar-refractivity contribution in [1.29, 1.82) is 0 Å². The molecule has 114 valence electrons. The summed E-state index contributed by atoms with van der Waals surface area (Å²) in [4.78, 5) is 0.199. The van der Waals surface area contributed by atoms with E-state index in [0.717, 1.165) is 5.56 Å². The Hall–Kier alpha value is -1.77. The molecule has 0 aliphatic carbocycles. The highest BCUT2D eigenvalue weighted by atomic mass is 32.2. The zero-order chi connectivity index (χ0) is 15.5. The second-order valence-corrected chi connectivity index (χ2v) is 6.49. The van der Waals surface area contributed by atoms with Gasteiger partial charge < -0.3 is 5.11 Å². The minimum absolute atomic E-state index is 0.192. The Morgan fingerprint density at radius 1 is 1.33 bits per heavy atom. The van der Waals surface area contributed by atoms with Gasteiger partial charge in [0.05, 0.1) is 24.2 Å². The number of nitrogens with zero attached hydrogens (tertiary/aromatic N) is 3. The van der Waals surface area contributed by atoms with E-state index in [-0.39, 0.29) is 18.0 Å². The Labute approximate surface area is 123 Å². The van der Waals surface area contributed by atoms with E-state index in [0.29, 0.717) is 17.7 Å². The van der Waals surface area contributed by atoms with Crippen LogP contribution in [0, 0.1) is 13.8 Å². The first-order valence-electron chi connectivity index (χ1n) is 6.49. The largest absolute Gasteiger partial charge is 0.392 e. The number of sulfonamides is 1. The minimum Gasteiger partial charge on any atom is -0.392 e. The molecule has 0 bridgehead atoms. The van der Waals surface area contributed by atoms with E-state index in [1.54, 1.807) is 23.9 Å². The number of aryl methyl sites for hydroxylation is 1. The van der Waals surface area contributed by atoms with Crippen molar-refractivity contribution in [3.8, 4) is 0 Å². The molecule has 7 nitrogen and oxygen atoms in total. The van der Waals surface area contributed by atoms with Crippen LogP contribution < -0.4 is 4.72 Å². The summed E-state index contributed by atoms with van der Waals surface area (Å²) in [5.74, 6) is 0. The van der Waals surface area contributed by atoms with E-state index >= 15 is 0 Å². The highest BCUT2D eigenvalue weighted by Crippen LogP contribution is 2.21. The van der Waals surface area contributed by atoms with Gasteiger partial charge in [0.2, 0.25) is 10.0 Å². The standard InChI is InChI=1S/C13H18N4O3S/c1-10-7-12(9-18)8-13(11(10)2)21(19,20)15-4-6-17-5-3-14-16-17/h3,5,7-8,15,18H,4,6,9H2,1-2H3. The van der Waals surface area contributed by atoms with Gasteiger partial charge in [0.1, 0.15) is 0 Å². The SMILES string of the molecule is Cc1cc(CO)cc(S(=O)(=O)NCCn2ccnn2)c1C.